The van der Waals surface area contributed by atoms with Crippen molar-refractivity contribution >= 4 is 0 Å². The maximum Gasteiger partial charge on any atom is 0.241 e. The summed E-state index contributed by atoms with van der Waals surface area (Å²) in [5, 5.41) is 14.3. The van der Waals surface area contributed by atoms with Gasteiger partial charge in [0.1, 0.15) is 5.69 Å². The summed E-state index contributed by atoms with van der Waals surface area (Å²) in [6, 6.07) is 5.64. The van der Waals surface area contributed by atoms with Crippen LogP contribution in [-0.2, 0) is 6.54 Å². The fraction of sp³-hybridized carbons (Fsp3) is 0.611. The molecule has 2 aromatic rings. The van der Waals surface area contributed by atoms with Crippen molar-refractivity contribution in [2.24, 2.45) is 11.8 Å². The topological polar surface area (TPSA) is 75.3 Å². The molecule has 6 nitrogen and oxygen atoms in total. The van der Waals surface area contributed by atoms with Gasteiger partial charge in [0.15, 0.2) is 0 Å². The summed E-state index contributed by atoms with van der Waals surface area (Å²) >= 11 is 0. The Kier molecular flexibility index (Phi) is 5.58. The van der Waals surface area contributed by atoms with Crippen molar-refractivity contribution in [3.8, 4) is 11.5 Å². The first-order valence-corrected chi connectivity index (χ1v) is 8.76. The molecule has 1 saturated heterocycles. The number of aliphatic hydroxyl groups excluding tert-OH is 1. The summed E-state index contributed by atoms with van der Waals surface area (Å²) < 4.78 is 5.36. The smallest absolute Gasteiger partial charge is 0.241 e. The minimum atomic E-state index is -0.175. The summed E-state index contributed by atoms with van der Waals surface area (Å²) in [4.78, 5) is 11.0. The minimum Gasteiger partial charge on any atom is -0.393 e. The van der Waals surface area contributed by atoms with Gasteiger partial charge in [-0.25, -0.2) is 0 Å². The molecule has 3 rings (SSSR count). The fourth-order valence-corrected chi connectivity index (χ4v) is 3.28. The van der Waals surface area contributed by atoms with Gasteiger partial charge in [-0.2, -0.15) is 4.98 Å². The van der Waals surface area contributed by atoms with Crippen molar-refractivity contribution in [3.63, 3.8) is 0 Å². The lowest BCUT2D eigenvalue weighted by Gasteiger charge is -2.33. The highest BCUT2D eigenvalue weighted by Crippen LogP contribution is 2.25. The second-order valence-corrected chi connectivity index (χ2v) is 7.04. The van der Waals surface area contributed by atoms with Crippen molar-refractivity contribution < 1.29 is 9.63 Å². The van der Waals surface area contributed by atoms with Gasteiger partial charge in [-0.3, -0.25) is 9.88 Å². The Morgan fingerprint density at radius 3 is 2.75 bits per heavy atom. The van der Waals surface area contributed by atoms with Crippen LogP contribution in [0.25, 0.3) is 11.5 Å². The van der Waals surface area contributed by atoms with Crippen molar-refractivity contribution in [1.82, 2.24) is 20.0 Å². The summed E-state index contributed by atoms with van der Waals surface area (Å²) in [6.07, 6.45) is 4.48. The number of pyridine rings is 1. The minimum absolute atomic E-state index is 0.175. The van der Waals surface area contributed by atoms with Gasteiger partial charge < -0.3 is 9.63 Å². The molecule has 0 aromatic carbocycles. The van der Waals surface area contributed by atoms with E-state index in [0.29, 0.717) is 30.1 Å². The van der Waals surface area contributed by atoms with E-state index in [4.69, 9.17) is 4.52 Å². The zero-order valence-corrected chi connectivity index (χ0v) is 14.4. The van der Waals surface area contributed by atoms with Crippen LogP contribution < -0.4 is 0 Å². The molecule has 24 heavy (non-hydrogen) atoms. The summed E-state index contributed by atoms with van der Waals surface area (Å²) in [5.74, 6) is 2.11. The van der Waals surface area contributed by atoms with Crippen molar-refractivity contribution in [2.75, 3.05) is 13.1 Å². The fourth-order valence-electron chi connectivity index (χ4n) is 3.28. The predicted octanol–water partition coefficient (Wildman–Crippen LogP) is 2.75. The molecular weight excluding hydrogens is 304 g/mol. The van der Waals surface area contributed by atoms with Crippen LogP contribution in [0.1, 0.15) is 39.0 Å². The van der Waals surface area contributed by atoms with E-state index in [9.17, 15) is 5.11 Å². The van der Waals surface area contributed by atoms with Gasteiger partial charge in [0, 0.05) is 6.20 Å². The first-order chi connectivity index (χ1) is 11.6. The van der Waals surface area contributed by atoms with Crippen LogP contribution in [0.5, 0.6) is 0 Å². The SMILES string of the molecule is CC(C)C[C@@H](O)C1CCN(Cc2nc(-c3ccccn3)no2)CC1. The predicted molar refractivity (Wildman–Crippen MR) is 91.0 cm³/mol. The maximum atomic E-state index is 10.3. The molecule has 1 atom stereocenters. The lowest BCUT2D eigenvalue weighted by Crippen LogP contribution is -2.37. The Hall–Kier alpha value is -1.79. The highest BCUT2D eigenvalue weighted by molar-refractivity contribution is 5.46. The molecule has 3 heterocycles. The van der Waals surface area contributed by atoms with Crippen LogP contribution in [0.2, 0.25) is 0 Å². The van der Waals surface area contributed by atoms with Gasteiger partial charge in [0.2, 0.25) is 11.7 Å². The van der Waals surface area contributed by atoms with E-state index in [1.54, 1.807) is 6.20 Å². The monoisotopic (exact) mass is 330 g/mol. The Labute approximate surface area is 142 Å². The third-order valence-corrected chi connectivity index (χ3v) is 4.61. The molecule has 0 unspecified atom stereocenters. The van der Waals surface area contributed by atoms with Gasteiger partial charge in [0.05, 0.1) is 12.6 Å². The van der Waals surface area contributed by atoms with Crippen molar-refractivity contribution in [3.05, 3.63) is 30.3 Å². The zero-order chi connectivity index (χ0) is 16.9. The van der Waals surface area contributed by atoms with E-state index < -0.39 is 0 Å². The molecule has 0 amide bonds. The van der Waals surface area contributed by atoms with Crippen LogP contribution in [-0.4, -0.2) is 44.3 Å². The number of hydrogen-bond acceptors (Lipinski definition) is 6. The van der Waals surface area contributed by atoms with E-state index in [-0.39, 0.29) is 6.10 Å². The van der Waals surface area contributed by atoms with E-state index in [1.165, 1.54) is 0 Å². The van der Waals surface area contributed by atoms with Crippen molar-refractivity contribution in [2.45, 2.75) is 45.8 Å². The van der Waals surface area contributed by atoms with Gasteiger partial charge in [-0.05, 0) is 56.3 Å². The molecule has 1 aliphatic rings. The molecule has 0 bridgehead atoms. The second-order valence-electron chi connectivity index (χ2n) is 7.04. The first-order valence-electron chi connectivity index (χ1n) is 8.76. The molecule has 0 aliphatic carbocycles. The number of aliphatic hydroxyl groups is 1. The standard InChI is InChI=1S/C18H26N4O2/c1-13(2)11-16(23)14-6-9-22(10-7-14)12-17-20-18(21-24-17)15-5-3-4-8-19-15/h3-5,8,13-14,16,23H,6-7,9-12H2,1-2H3/t16-/m1/s1. The number of piperidine rings is 1. The van der Waals surface area contributed by atoms with Crippen molar-refractivity contribution in [1.29, 1.82) is 0 Å². The number of nitrogens with zero attached hydrogens (tertiary/aromatic N) is 4. The second kappa shape index (κ2) is 7.85. The molecule has 6 heteroatoms. The van der Waals surface area contributed by atoms with E-state index in [1.807, 2.05) is 18.2 Å². The highest BCUT2D eigenvalue weighted by atomic mass is 16.5. The van der Waals surface area contributed by atoms with Crippen LogP contribution >= 0.6 is 0 Å². The average molecular weight is 330 g/mol. The van der Waals surface area contributed by atoms with Crippen LogP contribution in [0.3, 0.4) is 0 Å². The summed E-state index contributed by atoms with van der Waals surface area (Å²) in [5.41, 5.74) is 0.725. The average Bonchev–Trinajstić information content (AvgIpc) is 3.04. The number of likely N-dealkylation sites (tertiary alicyclic amines) is 1. The Bertz CT molecular complexity index is 621. The molecule has 1 N–H and O–H groups in total. The van der Waals surface area contributed by atoms with Gasteiger partial charge in [0.25, 0.3) is 0 Å². The first kappa shape index (κ1) is 17.0. The molecule has 0 saturated carbocycles. The van der Waals surface area contributed by atoms with Crippen LogP contribution in [0.4, 0.5) is 0 Å². The Morgan fingerprint density at radius 2 is 2.08 bits per heavy atom. The molecule has 0 spiro atoms. The maximum absolute atomic E-state index is 10.3. The molecule has 130 valence electrons. The van der Waals surface area contributed by atoms with Gasteiger partial charge in [-0.15, -0.1) is 0 Å². The Morgan fingerprint density at radius 1 is 1.29 bits per heavy atom. The Balaban J connectivity index is 1.51. The lowest BCUT2D eigenvalue weighted by molar-refractivity contribution is 0.0413. The molecule has 1 fully saturated rings. The van der Waals surface area contributed by atoms with Crippen LogP contribution in [0, 0.1) is 11.8 Å². The summed E-state index contributed by atoms with van der Waals surface area (Å²) in [6.45, 7) is 6.90. The molecule has 1 aliphatic heterocycles. The number of aromatic nitrogens is 3. The van der Waals surface area contributed by atoms with Crippen LogP contribution in [0.15, 0.2) is 28.9 Å². The number of rotatable bonds is 6. The van der Waals surface area contributed by atoms with E-state index >= 15 is 0 Å². The van der Waals surface area contributed by atoms with E-state index in [2.05, 4.69) is 33.9 Å². The van der Waals surface area contributed by atoms with Gasteiger partial charge >= 0.3 is 0 Å². The summed E-state index contributed by atoms with van der Waals surface area (Å²) in [7, 11) is 0. The highest BCUT2D eigenvalue weighted by Gasteiger charge is 2.26. The molecular formula is C18H26N4O2. The van der Waals surface area contributed by atoms with Gasteiger partial charge in [-0.1, -0.05) is 25.1 Å². The lowest BCUT2D eigenvalue weighted by atomic mass is 9.87. The third-order valence-electron chi connectivity index (χ3n) is 4.61. The zero-order valence-electron chi connectivity index (χ0n) is 14.4. The quantitative estimate of drug-likeness (QED) is 0.878. The molecule has 0 radical (unpaired) electrons. The van der Waals surface area contributed by atoms with E-state index in [0.717, 1.165) is 38.0 Å². The number of hydrogen-bond donors (Lipinski definition) is 1. The largest absolute Gasteiger partial charge is 0.393 e. The normalized spacial score (nSPS) is 18.2. The molecule has 2 aromatic heterocycles. The third kappa shape index (κ3) is 4.39.